The molecule has 0 saturated heterocycles. The predicted octanol–water partition coefficient (Wildman–Crippen LogP) is 1.31. The number of carbonyl (C=O) groups excluding carboxylic acids is 1. The molecule has 80 valence electrons. The lowest BCUT2D eigenvalue weighted by Gasteiger charge is -2.21. The lowest BCUT2D eigenvalue weighted by Crippen LogP contribution is -2.22. The van der Waals surface area contributed by atoms with E-state index < -0.39 is 0 Å². The monoisotopic (exact) mass is 205 g/mol. The Balaban J connectivity index is 1.84. The summed E-state index contributed by atoms with van der Waals surface area (Å²) in [6, 6.07) is 0. The molecular formula is C11H15N3O. The van der Waals surface area contributed by atoms with Crippen LogP contribution >= 0.6 is 0 Å². The van der Waals surface area contributed by atoms with Gasteiger partial charge < -0.3 is 4.79 Å². The zero-order chi connectivity index (χ0) is 10.3. The Bertz CT molecular complexity index is 381. The molecule has 0 radical (unpaired) electrons. The number of carbonyl (C=O) groups is 1. The fraction of sp³-hybridized carbons (Fsp3) is 0.727. The van der Waals surface area contributed by atoms with E-state index in [4.69, 9.17) is 0 Å². The van der Waals surface area contributed by atoms with Gasteiger partial charge in [-0.05, 0) is 19.3 Å². The first-order valence-corrected chi connectivity index (χ1v) is 5.75. The van der Waals surface area contributed by atoms with E-state index >= 15 is 0 Å². The highest BCUT2D eigenvalue weighted by Gasteiger charge is 2.27. The van der Waals surface area contributed by atoms with E-state index in [9.17, 15) is 4.79 Å². The molecule has 0 spiro atoms. The molecule has 1 fully saturated rings. The molecule has 4 heteroatoms. The number of hydrogen-bond donors (Lipinski definition) is 0. The van der Waals surface area contributed by atoms with Crippen molar-refractivity contribution in [3.8, 4) is 0 Å². The number of fused-ring (bicyclic) bond motifs is 1. The van der Waals surface area contributed by atoms with Gasteiger partial charge in [-0.3, -0.25) is 0 Å². The Morgan fingerprint density at radius 3 is 2.87 bits per heavy atom. The summed E-state index contributed by atoms with van der Waals surface area (Å²) in [5, 5.41) is 4.52. The van der Waals surface area contributed by atoms with Crippen molar-refractivity contribution in [2.75, 3.05) is 0 Å². The maximum atomic E-state index is 10.7. The lowest BCUT2D eigenvalue weighted by molar-refractivity contribution is -0.111. The minimum atomic E-state index is 0.147. The fourth-order valence-corrected chi connectivity index (χ4v) is 2.30. The van der Waals surface area contributed by atoms with Crippen molar-refractivity contribution in [1.82, 2.24) is 14.8 Å². The summed E-state index contributed by atoms with van der Waals surface area (Å²) in [5.41, 5.74) is 0. The maximum absolute atomic E-state index is 10.7. The second kappa shape index (κ2) is 3.43. The summed E-state index contributed by atoms with van der Waals surface area (Å²) in [4.78, 5) is 15.3. The van der Waals surface area contributed by atoms with Crippen LogP contribution in [0.25, 0.3) is 0 Å². The summed E-state index contributed by atoms with van der Waals surface area (Å²) < 4.78 is 1.94. The molecule has 0 amide bonds. The molecule has 4 nitrogen and oxygen atoms in total. The van der Waals surface area contributed by atoms with Gasteiger partial charge in [0.1, 0.15) is 12.1 Å². The molecule has 1 unspecified atom stereocenters. The van der Waals surface area contributed by atoms with Crippen LogP contribution in [-0.2, 0) is 17.8 Å². The zero-order valence-electron chi connectivity index (χ0n) is 8.72. The molecule has 1 saturated carbocycles. The molecule has 1 atom stereocenters. The van der Waals surface area contributed by atoms with Gasteiger partial charge in [-0.2, -0.15) is 5.10 Å². The molecule has 0 bridgehead atoms. The number of nitrogens with zero attached hydrogens (tertiary/aromatic N) is 3. The summed E-state index contributed by atoms with van der Waals surface area (Å²) in [6.07, 6.45) is 6.68. The predicted molar refractivity (Wildman–Crippen MR) is 54.5 cm³/mol. The topological polar surface area (TPSA) is 47.8 Å². The van der Waals surface area contributed by atoms with Gasteiger partial charge in [0.2, 0.25) is 0 Å². The number of hydrogen-bond acceptors (Lipinski definition) is 3. The van der Waals surface area contributed by atoms with E-state index in [0.29, 0.717) is 5.92 Å². The van der Waals surface area contributed by atoms with Crippen LogP contribution < -0.4 is 0 Å². The summed E-state index contributed by atoms with van der Waals surface area (Å²) in [6.45, 7) is 0.735. The van der Waals surface area contributed by atoms with Crippen LogP contribution in [0.5, 0.6) is 0 Å². The Kier molecular flexibility index (Phi) is 2.08. The van der Waals surface area contributed by atoms with Crippen LogP contribution in [-0.4, -0.2) is 21.1 Å². The number of rotatable bonds is 2. The van der Waals surface area contributed by atoms with E-state index in [1.54, 1.807) is 0 Å². The highest BCUT2D eigenvalue weighted by Crippen LogP contribution is 2.35. The van der Waals surface area contributed by atoms with Gasteiger partial charge in [-0.15, -0.1) is 0 Å². The van der Waals surface area contributed by atoms with Crippen molar-refractivity contribution in [2.24, 2.45) is 5.92 Å². The molecule has 2 aliphatic rings. The quantitative estimate of drug-likeness (QED) is 0.684. The average Bonchev–Trinajstić information content (AvgIpc) is 2.56. The van der Waals surface area contributed by atoms with Gasteiger partial charge >= 0.3 is 0 Å². The number of aldehydes is 1. The Morgan fingerprint density at radius 1 is 1.33 bits per heavy atom. The molecule has 0 N–H and O–H groups in total. The second-order valence-electron chi connectivity index (χ2n) is 4.63. The molecule has 15 heavy (non-hydrogen) atoms. The SMILES string of the molecule is O=CC1CCc2nc(C3CCC3)nn2C1. The Hall–Kier alpha value is -1.19. The smallest absolute Gasteiger partial charge is 0.154 e. The molecule has 1 aromatic heterocycles. The van der Waals surface area contributed by atoms with Crippen LogP contribution in [0.1, 0.15) is 43.3 Å². The summed E-state index contributed by atoms with van der Waals surface area (Å²) in [7, 11) is 0. The largest absolute Gasteiger partial charge is 0.303 e. The Morgan fingerprint density at radius 2 is 2.20 bits per heavy atom. The fourth-order valence-electron chi connectivity index (χ4n) is 2.30. The van der Waals surface area contributed by atoms with Gasteiger partial charge in [-0.1, -0.05) is 6.42 Å². The molecule has 1 aliphatic heterocycles. The van der Waals surface area contributed by atoms with Gasteiger partial charge in [0.25, 0.3) is 0 Å². The van der Waals surface area contributed by atoms with Gasteiger partial charge in [-0.25, -0.2) is 9.67 Å². The van der Waals surface area contributed by atoms with Crippen molar-refractivity contribution < 1.29 is 4.79 Å². The molecule has 3 rings (SSSR count). The number of aromatic nitrogens is 3. The second-order valence-corrected chi connectivity index (χ2v) is 4.63. The molecule has 1 aromatic rings. The molecular weight excluding hydrogens is 190 g/mol. The van der Waals surface area contributed by atoms with Crippen molar-refractivity contribution >= 4 is 6.29 Å². The van der Waals surface area contributed by atoms with Crippen LogP contribution in [0.4, 0.5) is 0 Å². The zero-order valence-corrected chi connectivity index (χ0v) is 8.72. The Labute approximate surface area is 88.7 Å². The van der Waals surface area contributed by atoms with Crippen molar-refractivity contribution in [3.05, 3.63) is 11.6 Å². The van der Waals surface area contributed by atoms with E-state index in [0.717, 1.165) is 37.3 Å². The molecule has 0 aromatic carbocycles. The van der Waals surface area contributed by atoms with Crippen LogP contribution in [0.3, 0.4) is 0 Å². The van der Waals surface area contributed by atoms with Gasteiger partial charge in [0.05, 0.1) is 6.54 Å². The normalized spacial score (nSPS) is 25.7. The third-order valence-corrected chi connectivity index (χ3v) is 3.57. The summed E-state index contributed by atoms with van der Waals surface area (Å²) >= 11 is 0. The van der Waals surface area contributed by atoms with Crippen molar-refractivity contribution in [2.45, 2.75) is 44.6 Å². The maximum Gasteiger partial charge on any atom is 0.154 e. The molecule has 1 aliphatic carbocycles. The first kappa shape index (κ1) is 9.07. The van der Waals surface area contributed by atoms with Crippen LogP contribution in [0.2, 0.25) is 0 Å². The standard InChI is InChI=1S/C11H15N3O/c15-7-8-4-5-10-12-11(9-2-1-3-9)13-14(10)6-8/h7-9H,1-6H2. The third kappa shape index (κ3) is 1.48. The highest BCUT2D eigenvalue weighted by atomic mass is 16.1. The number of aryl methyl sites for hydroxylation is 1. The third-order valence-electron chi connectivity index (χ3n) is 3.57. The minimum absolute atomic E-state index is 0.147. The lowest BCUT2D eigenvalue weighted by atomic mass is 9.85. The van der Waals surface area contributed by atoms with E-state index in [1.165, 1.54) is 19.3 Å². The van der Waals surface area contributed by atoms with Crippen molar-refractivity contribution in [3.63, 3.8) is 0 Å². The molecule has 2 heterocycles. The average molecular weight is 205 g/mol. The van der Waals surface area contributed by atoms with Crippen LogP contribution in [0.15, 0.2) is 0 Å². The first-order chi connectivity index (χ1) is 7.36. The van der Waals surface area contributed by atoms with Gasteiger partial charge in [0.15, 0.2) is 5.82 Å². The van der Waals surface area contributed by atoms with Crippen molar-refractivity contribution in [1.29, 1.82) is 0 Å². The summed E-state index contributed by atoms with van der Waals surface area (Å²) in [5.74, 6) is 2.84. The van der Waals surface area contributed by atoms with E-state index in [2.05, 4.69) is 10.1 Å². The van der Waals surface area contributed by atoms with Crippen LogP contribution in [0, 0.1) is 5.92 Å². The van der Waals surface area contributed by atoms with E-state index in [-0.39, 0.29) is 5.92 Å². The van der Waals surface area contributed by atoms with Gasteiger partial charge in [0, 0.05) is 18.3 Å². The van der Waals surface area contributed by atoms with E-state index in [1.807, 2.05) is 4.68 Å². The first-order valence-electron chi connectivity index (χ1n) is 5.75. The minimum Gasteiger partial charge on any atom is -0.303 e. The highest BCUT2D eigenvalue weighted by molar-refractivity contribution is 5.53.